The van der Waals surface area contributed by atoms with Crippen LogP contribution in [0, 0.1) is 11.8 Å². The zero-order valence-electron chi connectivity index (χ0n) is 13.7. The summed E-state index contributed by atoms with van der Waals surface area (Å²) < 4.78 is 16.9. The van der Waals surface area contributed by atoms with Crippen molar-refractivity contribution < 1.29 is 19.0 Å². The summed E-state index contributed by atoms with van der Waals surface area (Å²) in [5.74, 6) is 5.04. The first-order chi connectivity index (χ1) is 8.95. The second-order valence-corrected chi connectivity index (χ2v) is 12.0. The predicted molar refractivity (Wildman–Crippen MR) is 81.8 cm³/mol. The van der Waals surface area contributed by atoms with Crippen LogP contribution < -0.4 is 0 Å². The molecule has 0 aliphatic carbocycles. The summed E-state index contributed by atoms with van der Waals surface area (Å²) in [7, 11) is -1.77. The van der Waals surface area contributed by atoms with Crippen LogP contribution in [0.2, 0.25) is 18.1 Å². The van der Waals surface area contributed by atoms with Crippen LogP contribution in [-0.2, 0) is 13.9 Å². The SMILES string of the molecule is CC1(C)OC[C@H]([C@H](O)C#CCO[Si](C)(C)C(C)(C)C)O1. The van der Waals surface area contributed by atoms with Gasteiger partial charge >= 0.3 is 0 Å². The van der Waals surface area contributed by atoms with Crippen LogP contribution in [0.1, 0.15) is 34.6 Å². The van der Waals surface area contributed by atoms with E-state index in [0.717, 1.165) is 0 Å². The highest BCUT2D eigenvalue weighted by atomic mass is 28.4. The second-order valence-electron chi connectivity index (χ2n) is 7.18. The van der Waals surface area contributed by atoms with E-state index >= 15 is 0 Å². The molecule has 1 aliphatic rings. The summed E-state index contributed by atoms with van der Waals surface area (Å²) in [6, 6.07) is 0. The van der Waals surface area contributed by atoms with Crippen molar-refractivity contribution in [1.29, 1.82) is 0 Å². The van der Waals surface area contributed by atoms with Crippen molar-refractivity contribution in [3.8, 4) is 11.8 Å². The molecule has 1 N–H and O–H groups in total. The molecule has 0 unspecified atom stereocenters. The lowest BCUT2D eigenvalue weighted by Crippen LogP contribution is -2.40. The standard InChI is InChI=1S/C15H28O4Si/c1-14(2,3)20(6,7)18-10-8-9-12(16)13-11-17-15(4,5)19-13/h12-13,16H,10-11H2,1-7H3/t12-,13-/m1/s1. The Morgan fingerprint density at radius 2 is 2.00 bits per heavy atom. The minimum absolute atomic E-state index is 0.166. The summed E-state index contributed by atoms with van der Waals surface area (Å²) in [6.07, 6.45) is -1.22. The lowest BCUT2D eigenvalue weighted by molar-refractivity contribution is -0.146. The van der Waals surface area contributed by atoms with Gasteiger partial charge in [-0.3, -0.25) is 0 Å². The highest BCUT2D eigenvalue weighted by Gasteiger charge is 2.37. The van der Waals surface area contributed by atoms with Crippen LogP contribution in [0.15, 0.2) is 0 Å². The van der Waals surface area contributed by atoms with Gasteiger partial charge in [0, 0.05) is 0 Å². The van der Waals surface area contributed by atoms with Crippen molar-refractivity contribution in [3.63, 3.8) is 0 Å². The zero-order valence-corrected chi connectivity index (χ0v) is 14.7. The molecule has 20 heavy (non-hydrogen) atoms. The van der Waals surface area contributed by atoms with Crippen molar-refractivity contribution in [1.82, 2.24) is 0 Å². The molecule has 0 aromatic rings. The first kappa shape index (κ1) is 17.7. The maximum Gasteiger partial charge on any atom is 0.193 e. The lowest BCUT2D eigenvalue weighted by atomic mass is 10.2. The molecule has 0 radical (unpaired) electrons. The summed E-state index contributed by atoms with van der Waals surface area (Å²) >= 11 is 0. The first-order valence-electron chi connectivity index (χ1n) is 7.07. The third kappa shape index (κ3) is 4.87. The molecule has 116 valence electrons. The maximum absolute atomic E-state index is 9.95. The van der Waals surface area contributed by atoms with Gasteiger partial charge in [-0.25, -0.2) is 0 Å². The van der Waals surface area contributed by atoms with E-state index in [-0.39, 0.29) is 11.1 Å². The zero-order chi connectivity index (χ0) is 15.6. The Kier molecular flexibility index (Phi) is 5.44. The van der Waals surface area contributed by atoms with Gasteiger partial charge in [0.2, 0.25) is 0 Å². The van der Waals surface area contributed by atoms with Crippen LogP contribution >= 0.6 is 0 Å². The second kappa shape index (κ2) is 6.16. The van der Waals surface area contributed by atoms with Gasteiger partial charge in [0.25, 0.3) is 0 Å². The Hall–Kier alpha value is -0.383. The summed E-state index contributed by atoms with van der Waals surface area (Å²) in [5, 5.41) is 10.1. The summed E-state index contributed by atoms with van der Waals surface area (Å²) in [6.45, 7) is 15.3. The van der Waals surface area contributed by atoms with Crippen LogP contribution in [0.25, 0.3) is 0 Å². The van der Waals surface area contributed by atoms with Gasteiger partial charge in [-0.05, 0) is 32.0 Å². The topological polar surface area (TPSA) is 47.9 Å². The molecule has 0 bridgehead atoms. The molecule has 5 heteroatoms. The Labute approximate surface area is 123 Å². The molecule has 0 aromatic heterocycles. The van der Waals surface area contributed by atoms with Crippen LogP contribution in [0.5, 0.6) is 0 Å². The molecule has 2 atom stereocenters. The van der Waals surface area contributed by atoms with Crippen molar-refractivity contribution in [2.45, 2.75) is 70.7 Å². The Morgan fingerprint density at radius 1 is 1.40 bits per heavy atom. The van der Waals surface area contributed by atoms with E-state index in [2.05, 4.69) is 45.7 Å². The average Bonchev–Trinajstić information content (AvgIpc) is 2.63. The molecular weight excluding hydrogens is 272 g/mol. The average molecular weight is 300 g/mol. The molecule has 1 saturated heterocycles. The van der Waals surface area contributed by atoms with Crippen LogP contribution in [0.3, 0.4) is 0 Å². The molecule has 1 aliphatic heterocycles. The van der Waals surface area contributed by atoms with E-state index in [1.54, 1.807) is 0 Å². The molecule has 0 aromatic carbocycles. The van der Waals surface area contributed by atoms with E-state index in [1.807, 2.05) is 13.8 Å². The normalized spacial score (nSPS) is 24.1. The van der Waals surface area contributed by atoms with Gasteiger partial charge in [0.05, 0.1) is 13.2 Å². The highest BCUT2D eigenvalue weighted by molar-refractivity contribution is 6.74. The van der Waals surface area contributed by atoms with E-state index in [0.29, 0.717) is 13.2 Å². The Bertz CT molecular complexity index is 387. The number of rotatable bonds is 3. The largest absolute Gasteiger partial charge is 0.406 e. The maximum atomic E-state index is 9.95. The van der Waals surface area contributed by atoms with E-state index in [4.69, 9.17) is 13.9 Å². The van der Waals surface area contributed by atoms with Crippen molar-refractivity contribution in [3.05, 3.63) is 0 Å². The molecule has 0 amide bonds. The van der Waals surface area contributed by atoms with Gasteiger partial charge < -0.3 is 19.0 Å². The van der Waals surface area contributed by atoms with Crippen molar-refractivity contribution in [2.75, 3.05) is 13.2 Å². The smallest absolute Gasteiger partial charge is 0.193 e. The van der Waals surface area contributed by atoms with Crippen LogP contribution in [-0.4, -0.2) is 44.6 Å². The number of aliphatic hydroxyl groups excluding tert-OH is 1. The molecule has 1 heterocycles. The third-order valence-corrected chi connectivity index (χ3v) is 8.42. The summed E-state index contributed by atoms with van der Waals surface area (Å²) in [4.78, 5) is 0. The summed E-state index contributed by atoms with van der Waals surface area (Å²) in [5.41, 5.74) is 0. The molecule has 0 saturated carbocycles. The molecule has 1 fully saturated rings. The Morgan fingerprint density at radius 3 is 2.45 bits per heavy atom. The minimum atomic E-state index is -1.77. The van der Waals surface area contributed by atoms with Gasteiger partial charge in [0.15, 0.2) is 14.1 Å². The molecule has 1 rings (SSSR count). The van der Waals surface area contributed by atoms with E-state index < -0.39 is 20.2 Å². The fraction of sp³-hybridized carbons (Fsp3) is 0.867. The van der Waals surface area contributed by atoms with E-state index in [1.165, 1.54) is 0 Å². The first-order valence-corrected chi connectivity index (χ1v) is 9.98. The number of aliphatic hydroxyl groups is 1. The molecule has 0 spiro atoms. The molecular formula is C15H28O4Si. The number of ether oxygens (including phenoxy) is 2. The highest BCUT2D eigenvalue weighted by Crippen LogP contribution is 2.36. The van der Waals surface area contributed by atoms with Gasteiger partial charge in [-0.2, -0.15) is 0 Å². The number of hydrogen-bond acceptors (Lipinski definition) is 4. The monoisotopic (exact) mass is 300 g/mol. The number of hydrogen-bond donors (Lipinski definition) is 1. The molecule has 4 nitrogen and oxygen atoms in total. The van der Waals surface area contributed by atoms with Gasteiger partial charge in [-0.1, -0.05) is 32.6 Å². The van der Waals surface area contributed by atoms with Crippen molar-refractivity contribution in [2.24, 2.45) is 0 Å². The third-order valence-electron chi connectivity index (χ3n) is 3.94. The fourth-order valence-corrected chi connectivity index (χ4v) is 2.41. The van der Waals surface area contributed by atoms with Gasteiger partial charge in [0.1, 0.15) is 12.2 Å². The Balaban J connectivity index is 2.44. The lowest BCUT2D eigenvalue weighted by Gasteiger charge is -2.35. The van der Waals surface area contributed by atoms with E-state index in [9.17, 15) is 5.11 Å². The quantitative estimate of drug-likeness (QED) is 0.643. The minimum Gasteiger partial charge on any atom is -0.406 e. The van der Waals surface area contributed by atoms with Gasteiger partial charge in [-0.15, -0.1) is 0 Å². The van der Waals surface area contributed by atoms with Crippen molar-refractivity contribution >= 4 is 8.32 Å². The predicted octanol–water partition coefficient (Wildman–Crippen LogP) is 2.52. The fourth-order valence-electron chi connectivity index (χ4n) is 1.54. The van der Waals surface area contributed by atoms with Crippen LogP contribution in [0.4, 0.5) is 0 Å².